The van der Waals surface area contributed by atoms with Crippen molar-refractivity contribution in [3.63, 3.8) is 0 Å². The predicted molar refractivity (Wildman–Crippen MR) is 72.7 cm³/mol. The van der Waals surface area contributed by atoms with Gasteiger partial charge in [0.2, 0.25) is 0 Å². The maximum atomic E-state index is 3.77. The molecule has 0 aromatic rings. The lowest BCUT2D eigenvalue weighted by Crippen LogP contribution is -2.39. The molecule has 0 aromatic heterocycles. The molecule has 0 saturated heterocycles. The highest BCUT2D eigenvalue weighted by Gasteiger charge is 2.24. The zero-order valence-electron chi connectivity index (χ0n) is 11.8. The Morgan fingerprint density at radius 2 is 1.88 bits per heavy atom. The van der Waals surface area contributed by atoms with Gasteiger partial charge < -0.3 is 5.32 Å². The van der Waals surface area contributed by atoms with E-state index in [1.165, 1.54) is 45.1 Å². The Bertz CT molecular complexity index is 176. The Hall–Kier alpha value is -0.0400. The van der Waals surface area contributed by atoms with Crippen LogP contribution in [0.1, 0.15) is 66.2 Å². The quantitative estimate of drug-likeness (QED) is 0.667. The van der Waals surface area contributed by atoms with E-state index in [-0.39, 0.29) is 0 Å². The number of rotatable bonds is 6. The predicted octanol–water partition coefficient (Wildman–Crippen LogP) is 4.23. The van der Waals surface area contributed by atoms with E-state index in [0.717, 1.165) is 23.8 Å². The van der Waals surface area contributed by atoms with Crippen molar-refractivity contribution >= 4 is 0 Å². The molecule has 1 heteroatoms. The van der Waals surface area contributed by atoms with Crippen LogP contribution in [0, 0.1) is 17.8 Å². The number of unbranched alkanes of at least 4 members (excludes halogenated alkanes) is 1. The van der Waals surface area contributed by atoms with Crippen molar-refractivity contribution < 1.29 is 0 Å². The monoisotopic (exact) mass is 225 g/mol. The van der Waals surface area contributed by atoms with E-state index in [2.05, 4.69) is 33.0 Å². The minimum atomic E-state index is 0.801. The lowest BCUT2D eigenvalue weighted by molar-refractivity contribution is 0.227. The second kappa shape index (κ2) is 7.32. The topological polar surface area (TPSA) is 12.0 Å². The molecule has 1 aliphatic carbocycles. The van der Waals surface area contributed by atoms with Gasteiger partial charge in [0.1, 0.15) is 0 Å². The molecule has 16 heavy (non-hydrogen) atoms. The molecule has 1 rings (SSSR count). The maximum absolute atomic E-state index is 3.77. The van der Waals surface area contributed by atoms with Gasteiger partial charge in [-0.1, -0.05) is 40.5 Å². The minimum absolute atomic E-state index is 0.801. The molecule has 0 aliphatic heterocycles. The molecule has 1 fully saturated rings. The Balaban J connectivity index is 2.04. The molecule has 1 nitrogen and oxygen atoms in total. The van der Waals surface area contributed by atoms with Crippen molar-refractivity contribution in [2.75, 3.05) is 6.54 Å². The lowest BCUT2D eigenvalue weighted by atomic mass is 9.80. The van der Waals surface area contributed by atoms with Crippen LogP contribution in [0.2, 0.25) is 0 Å². The van der Waals surface area contributed by atoms with E-state index < -0.39 is 0 Å². The van der Waals surface area contributed by atoms with E-state index in [0.29, 0.717) is 0 Å². The summed E-state index contributed by atoms with van der Waals surface area (Å²) in [7, 11) is 0. The van der Waals surface area contributed by atoms with E-state index in [4.69, 9.17) is 0 Å². The molecule has 0 spiro atoms. The Morgan fingerprint density at radius 3 is 2.50 bits per heavy atom. The summed E-state index contributed by atoms with van der Waals surface area (Å²) in [6, 6.07) is 0.801. The first kappa shape index (κ1) is 14.0. The van der Waals surface area contributed by atoms with Gasteiger partial charge in [-0.3, -0.25) is 0 Å². The van der Waals surface area contributed by atoms with E-state index in [1.807, 2.05) is 0 Å². The van der Waals surface area contributed by atoms with Gasteiger partial charge in [-0.15, -0.1) is 0 Å². The molecule has 1 aliphatic rings. The fourth-order valence-corrected chi connectivity index (χ4v) is 2.93. The van der Waals surface area contributed by atoms with Gasteiger partial charge >= 0.3 is 0 Å². The third-order valence-corrected chi connectivity index (χ3v) is 4.05. The smallest absolute Gasteiger partial charge is 0.00928 e. The van der Waals surface area contributed by atoms with Gasteiger partial charge in [-0.25, -0.2) is 0 Å². The largest absolute Gasteiger partial charge is 0.314 e. The second-order valence-electron chi connectivity index (χ2n) is 6.35. The van der Waals surface area contributed by atoms with Crippen molar-refractivity contribution in [3.05, 3.63) is 0 Å². The molecule has 3 atom stereocenters. The van der Waals surface area contributed by atoms with Crippen LogP contribution < -0.4 is 5.32 Å². The lowest BCUT2D eigenvalue weighted by Gasteiger charge is -2.33. The van der Waals surface area contributed by atoms with Crippen molar-refractivity contribution in [1.29, 1.82) is 0 Å². The molecule has 1 saturated carbocycles. The van der Waals surface area contributed by atoms with Crippen LogP contribution in [-0.2, 0) is 0 Å². The van der Waals surface area contributed by atoms with Gasteiger partial charge in [-0.05, 0) is 50.0 Å². The summed E-state index contributed by atoms with van der Waals surface area (Å²) in [6.45, 7) is 10.7. The Morgan fingerprint density at radius 1 is 1.12 bits per heavy atom. The van der Waals surface area contributed by atoms with Gasteiger partial charge in [0.25, 0.3) is 0 Å². The third-order valence-electron chi connectivity index (χ3n) is 4.05. The normalized spacial score (nSPS) is 30.9. The molecule has 0 bridgehead atoms. The fourth-order valence-electron chi connectivity index (χ4n) is 2.93. The van der Waals surface area contributed by atoms with Crippen molar-refractivity contribution in [2.45, 2.75) is 72.3 Å². The maximum Gasteiger partial charge on any atom is 0.00928 e. The van der Waals surface area contributed by atoms with Gasteiger partial charge in [0.05, 0.1) is 0 Å². The minimum Gasteiger partial charge on any atom is -0.314 e. The van der Waals surface area contributed by atoms with Gasteiger partial charge in [0, 0.05) is 6.04 Å². The molecule has 0 radical (unpaired) electrons. The van der Waals surface area contributed by atoms with Crippen LogP contribution in [-0.4, -0.2) is 12.6 Å². The van der Waals surface area contributed by atoms with E-state index in [9.17, 15) is 0 Å². The van der Waals surface area contributed by atoms with Crippen LogP contribution in [0.5, 0.6) is 0 Å². The summed E-state index contributed by atoms with van der Waals surface area (Å²) >= 11 is 0. The number of hydrogen-bond acceptors (Lipinski definition) is 1. The molecule has 0 amide bonds. The van der Waals surface area contributed by atoms with Crippen LogP contribution in [0.25, 0.3) is 0 Å². The highest BCUT2D eigenvalue weighted by molar-refractivity contribution is 4.80. The summed E-state index contributed by atoms with van der Waals surface area (Å²) < 4.78 is 0. The molecule has 96 valence electrons. The summed E-state index contributed by atoms with van der Waals surface area (Å²) in [5.74, 6) is 2.71. The standard InChI is InChI=1S/C15H31N/c1-12(2)7-5-6-10-16-15-9-8-13(3)11-14(15)4/h12-16H,5-11H2,1-4H3. The molecular weight excluding hydrogens is 194 g/mol. The van der Waals surface area contributed by atoms with Crippen molar-refractivity contribution in [2.24, 2.45) is 17.8 Å². The average Bonchev–Trinajstić information content (AvgIpc) is 2.20. The van der Waals surface area contributed by atoms with Gasteiger partial charge in [-0.2, -0.15) is 0 Å². The first-order valence-corrected chi connectivity index (χ1v) is 7.33. The highest BCUT2D eigenvalue weighted by atomic mass is 14.9. The number of nitrogens with one attached hydrogen (secondary N) is 1. The van der Waals surface area contributed by atoms with Crippen LogP contribution in [0.15, 0.2) is 0 Å². The zero-order chi connectivity index (χ0) is 12.0. The van der Waals surface area contributed by atoms with E-state index in [1.54, 1.807) is 0 Å². The third kappa shape index (κ3) is 5.34. The first-order chi connectivity index (χ1) is 7.59. The van der Waals surface area contributed by atoms with Crippen molar-refractivity contribution in [1.82, 2.24) is 5.32 Å². The molecule has 1 N–H and O–H groups in total. The average molecular weight is 225 g/mol. The van der Waals surface area contributed by atoms with Crippen LogP contribution in [0.3, 0.4) is 0 Å². The summed E-state index contributed by atoms with van der Waals surface area (Å²) in [4.78, 5) is 0. The summed E-state index contributed by atoms with van der Waals surface area (Å²) in [5, 5.41) is 3.77. The van der Waals surface area contributed by atoms with Crippen molar-refractivity contribution in [3.8, 4) is 0 Å². The van der Waals surface area contributed by atoms with Crippen LogP contribution in [0.4, 0.5) is 0 Å². The van der Waals surface area contributed by atoms with Gasteiger partial charge in [0.15, 0.2) is 0 Å². The van der Waals surface area contributed by atoms with Crippen LogP contribution >= 0.6 is 0 Å². The Kier molecular flexibility index (Phi) is 6.41. The molecule has 0 heterocycles. The molecule has 3 unspecified atom stereocenters. The highest BCUT2D eigenvalue weighted by Crippen LogP contribution is 2.28. The zero-order valence-corrected chi connectivity index (χ0v) is 11.8. The first-order valence-electron chi connectivity index (χ1n) is 7.33. The summed E-state index contributed by atoms with van der Waals surface area (Å²) in [6.07, 6.45) is 8.38. The molecular formula is C15H31N. The van der Waals surface area contributed by atoms with E-state index >= 15 is 0 Å². The molecule has 0 aromatic carbocycles. The second-order valence-corrected chi connectivity index (χ2v) is 6.35. The SMILES string of the molecule is CC(C)CCCCNC1CCC(C)CC1C. The number of hydrogen-bond donors (Lipinski definition) is 1. The Labute approximate surface area is 102 Å². The summed E-state index contributed by atoms with van der Waals surface area (Å²) in [5.41, 5.74) is 0. The fraction of sp³-hybridized carbons (Fsp3) is 1.00.